The van der Waals surface area contributed by atoms with Crippen molar-refractivity contribution in [1.29, 1.82) is 0 Å². The third-order valence-corrected chi connectivity index (χ3v) is 4.24. The Bertz CT molecular complexity index is 762. The van der Waals surface area contributed by atoms with E-state index in [2.05, 4.69) is 15.5 Å². The van der Waals surface area contributed by atoms with Gasteiger partial charge in [0.2, 0.25) is 11.8 Å². The molecule has 0 spiro atoms. The number of nitrogens with two attached hydrogens (primary N) is 1. The number of carbonyl (C=O) groups is 2. The fourth-order valence-electron chi connectivity index (χ4n) is 2.63. The first kappa shape index (κ1) is 20.6. The number of halogens is 1. The van der Waals surface area contributed by atoms with E-state index in [-0.39, 0.29) is 30.7 Å². The van der Waals surface area contributed by atoms with Crippen LogP contribution >= 0.6 is 0 Å². The van der Waals surface area contributed by atoms with Crippen LogP contribution in [-0.4, -0.2) is 53.6 Å². The molecule has 8 heteroatoms. The van der Waals surface area contributed by atoms with E-state index in [1.165, 1.54) is 12.1 Å². The summed E-state index contributed by atoms with van der Waals surface area (Å²) in [4.78, 5) is 24.5. The highest BCUT2D eigenvalue weighted by molar-refractivity contribution is 5.85. The molecule has 0 aliphatic rings. The van der Waals surface area contributed by atoms with Crippen LogP contribution in [0.15, 0.2) is 30.3 Å². The van der Waals surface area contributed by atoms with Crippen molar-refractivity contribution in [3.63, 3.8) is 0 Å². The fourth-order valence-corrected chi connectivity index (χ4v) is 2.63. The van der Waals surface area contributed by atoms with Gasteiger partial charge in [-0.25, -0.2) is 4.39 Å². The van der Waals surface area contributed by atoms with Crippen LogP contribution in [0, 0.1) is 5.82 Å². The first-order valence-corrected chi connectivity index (χ1v) is 9.00. The Balaban J connectivity index is 1.66. The molecule has 7 nitrogen and oxygen atoms in total. The summed E-state index contributed by atoms with van der Waals surface area (Å²) in [5.41, 5.74) is 7.66. The minimum Gasteiger partial charge on any atom is -0.346 e. The highest BCUT2D eigenvalue weighted by atomic mass is 19.1. The number of benzene rings is 1. The van der Waals surface area contributed by atoms with Crippen LogP contribution in [0.2, 0.25) is 0 Å². The van der Waals surface area contributed by atoms with E-state index < -0.39 is 0 Å². The normalized spacial score (nSPS) is 10.6. The number of aromatic amines is 1. The zero-order chi connectivity index (χ0) is 19.6. The number of likely N-dealkylation sites (N-methyl/N-ethyl adjacent to an activating group) is 1. The Kier molecular flexibility index (Phi) is 7.94. The van der Waals surface area contributed by atoms with Gasteiger partial charge in [-0.05, 0) is 37.5 Å². The zero-order valence-corrected chi connectivity index (χ0v) is 15.5. The Hall–Kier alpha value is -2.74. The number of hydrogen-bond donors (Lipinski definition) is 3. The average Bonchev–Trinajstić information content (AvgIpc) is 3.14. The smallest absolute Gasteiger partial charge is 0.241 e. The molecule has 0 aliphatic carbocycles. The minimum absolute atomic E-state index is 0.0243. The van der Waals surface area contributed by atoms with Crippen molar-refractivity contribution < 1.29 is 14.0 Å². The standard InChI is InChI=1S/C19H26FN5O2/c1-25(19(27)13-22-18(26)12-21)9-4-2-3-8-16-11-17(24-23-16)14-6-5-7-15(20)10-14/h5-7,10-11H,2-4,8-9,12-13,21H2,1H3,(H,22,26)(H,23,24). The van der Waals surface area contributed by atoms with Gasteiger partial charge in [0.05, 0.1) is 18.8 Å². The summed E-state index contributed by atoms with van der Waals surface area (Å²) in [6.45, 7) is 0.490. The predicted molar refractivity (Wildman–Crippen MR) is 101 cm³/mol. The number of unbranched alkanes of at least 4 members (excludes halogenated alkanes) is 2. The van der Waals surface area contributed by atoms with E-state index in [0.29, 0.717) is 6.54 Å². The van der Waals surface area contributed by atoms with Crippen molar-refractivity contribution in [1.82, 2.24) is 20.4 Å². The van der Waals surface area contributed by atoms with Crippen LogP contribution in [0.25, 0.3) is 11.3 Å². The number of carbonyl (C=O) groups excluding carboxylic acids is 2. The van der Waals surface area contributed by atoms with Crippen molar-refractivity contribution in [2.75, 3.05) is 26.7 Å². The molecule has 146 valence electrons. The summed E-state index contributed by atoms with van der Waals surface area (Å²) in [6, 6.07) is 8.29. The molecule has 2 amide bonds. The second-order valence-corrected chi connectivity index (χ2v) is 6.40. The van der Waals surface area contributed by atoms with Crippen LogP contribution in [0.4, 0.5) is 4.39 Å². The number of nitrogens with one attached hydrogen (secondary N) is 2. The van der Waals surface area contributed by atoms with Crippen LogP contribution in [-0.2, 0) is 16.0 Å². The second kappa shape index (κ2) is 10.4. The van der Waals surface area contributed by atoms with Crippen LogP contribution in [0.1, 0.15) is 25.0 Å². The molecule has 0 saturated carbocycles. The Labute approximate surface area is 158 Å². The third-order valence-electron chi connectivity index (χ3n) is 4.24. The molecule has 4 N–H and O–H groups in total. The number of H-pyrrole nitrogens is 1. The number of nitrogens with zero attached hydrogens (tertiary/aromatic N) is 2. The molecule has 0 fully saturated rings. The number of amides is 2. The highest BCUT2D eigenvalue weighted by Gasteiger charge is 2.09. The van der Waals surface area contributed by atoms with Gasteiger partial charge in [0.1, 0.15) is 5.82 Å². The van der Waals surface area contributed by atoms with Crippen LogP contribution < -0.4 is 11.1 Å². The van der Waals surface area contributed by atoms with E-state index in [4.69, 9.17) is 5.73 Å². The van der Waals surface area contributed by atoms with Crippen molar-refractivity contribution in [3.8, 4) is 11.3 Å². The quantitative estimate of drug-likeness (QED) is 0.547. The summed E-state index contributed by atoms with van der Waals surface area (Å²) in [5, 5.41) is 9.68. The summed E-state index contributed by atoms with van der Waals surface area (Å²) in [7, 11) is 1.72. The van der Waals surface area contributed by atoms with Gasteiger partial charge >= 0.3 is 0 Å². The lowest BCUT2D eigenvalue weighted by atomic mass is 10.1. The first-order valence-electron chi connectivity index (χ1n) is 9.00. The molecule has 0 atom stereocenters. The molecule has 1 aromatic heterocycles. The summed E-state index contributed by atoms with van der Waals surface area (Å²) >= 11 is 0. The lowest BCUT2D eigenvalue weighted by Crippen LogP contribution is -2.40. The maximum absolute atomic E-state index is 13.3. The number of aryl methyl sites for hydroxylation is 1. The first-order chi connectivity index (χ1) is 13.0. The minimum atomic E-state index is -0.339. The predicted octanol–water partition coefficient (Wildman–Crippen LogP) is 1.46. The van der Waals surface area contributed by atoms with Gasteiger partial charge in [0.15, 0.2) is 0 Å². The Morgan fingerprint density at radius 2 is 2.07 bits per heavy atom. The topological polar surface area (TPSA) is 104 Å². The highest BCUT2D eigenvalue weighted by Crippen LogP contribution is 2.19. The van der Waals surface area contributed by atoms with Gasteiger partial charge in [-0.2, -0.15) is 5.10 Å². The largest absolute Gasteiger partial charge is 0.346 e. The molecule has 2 rings (SSSR count). The van der Waals surface area contributed by atoms with Crippen LogP contribution in [0.5, 0.6) is 0 Å². The molecule has 1 heterocycles. The van der Waals surface area contributed by atoms with Crippen molar-refractivity contribution >= 4 is 11.8 Å². The second-order valence-electron chi connectivity index (χ2n) is 6.40. The maximum atomic E-state index is 13.3. The molecule has 0 saturated heterocycles. The lowest BCUT2D eigenvalue weighted by molar-refractivity contribution is -0.131. The van der Waals surface area contributed by atoms with Gasteiger partial charge in [0, 0.05) is 24.8 Å². The van der Waals surface area contributed by atoms with Gasteiger partial charge in [-0.3, -0.25) is 14.7 Å². The lowest BCUT2D eigenvalue weighted by Gasteiger charge is -2.17. The SMILES string of the molecule is CN(CCCCCc1cc(-c2cccc(F)c2)n[nH]1)C(=O)CNC(=O)CN. The zero-order valence-electron chi connectivity index (χ0n) is 15.5. The molecule has 27 heavy (non-hydrogen) atoms. The number of aromatic nitrogens is 2. The van der Waals surface area contributed by atoms with Gasteiger partial charge in [0.25, 0.3) is 0 Å². The van der Waals surface area contributed by atoms with E-state index in [0.717, 1.165) is 42.6 Å². The molecular formula is C19H26FN5O2. The molecule has 1 aromatic carbocycles. The van der Waals surface area contributed by atoms with Crippen molar-refractivity contribution in [2.45, 2.75) is 25.7 Å². The molecule has 0 radical (unpaired) electrons. The van der Waals surface area contributed by atoms with Gasteiger partial charge in [-0.15, -0.1) is 0 Å². The fraction of sp³-hybridized carbons (Fsp3) is 0.421. The Morgan fingerprint density at radius 3 is 2.81 bits per heavy atom. The van der Waals surface area contributed by atoms with Crippen LogP contribution in [0.3, 0.4) is 0 Å². The maximum Gasteiger partial charge on any atom is 0.241 e. The molecule has 2 aromatic rings. The summed E-state index contributed by atoms with van der Waals surface area (Å²) in [5.74, 6) is -0.752. The van der Waals surface area contributed by atoms with Crippen molar-refractivity contribution in [3.05, 3.63) is 41.8 Å². The summed E-state index contributed by atoms with van der Waals surface area (Å²) < 4.78 is 13.3. The molecule has 0 unspecified atom stereocenters. The average molecular weight is 375 g/mol. The Morgan fingerprint density at radius 1 is 1.26 bits per heavy atom. The molecule has 0 aliphatic heterocycles. The van der Waals surface area contributed by atoms with E-state index in [9.17, 15) is 14.0 Å². The monoisotopic (exact) mass is 375 g/mol. The van der Waals surface area contributed by atoms with Gasteiger partial charge < -0.3 is 16.0 Å². The third kappa shape index (κ3) is 6.82. The molecular weight excluding hydrogens is 349 g/mol. The summed E-state index contributed by atoms with van der Waals surface area (Å²) in [6.07, 6.45) is 3.63. The van der Waals surface area contributed by atoms with E-state index in [1.807, 2.05) is 12.1 Å². The van der Waals surface area contributed by atoms with E-state index in [1.54, 1.807) is 18.0 Å². The molecule has 0 bridgehead atoms. The van der Waals surface area contributed by atoms with E-state index >= 15 is 0 Å². The van der Waals surface area contributed by atoms with Gasteiger partial charge in [-0.1, -0.05) is 18.6 Å². The van der Waals surface area contributed by atoms with Crippen molar-refractivity contribution in [2.24, 2.45) is 5.73 Å². The number of rotatable bonds is 10. The number of hydrogen-bond acceptors (Lipinski definition) is 4.